The molecule has 1 atom stereocenters. The highest BCUT2D eigenvalue weighted by Crippen LogP contribution is 2.21. The third-order valence-electron chi connectivity index (χ3n) is 4.79. The minimum Gasteiger partial charge on any atom is -0.481 e. The first-order valence-electron chi connectivity index (χ1n) is 8.89. The Hall–Kier alpha value is -2.37. The number of piperidine rings is 1. The SMILES string of the molecule is CCC(CC)C(=O)Nc1cccc(C(=O)N2CCC[C@H](C(=O)O)C2)c1. The van der Waals surface area contributed by atoms with E-state index >= 15 is 0 Å². The Kier molecular flexibility index (Phi) is 6.56. The van der Waals surface area contributed by atoms with E-state index in [9.17, 15) is 14.4 Å². The molecule has 0 saturated carbocycles. The highest BCUT2D eigenvalue weighted by Gasteiger charge is 2.28. The standard InChI is InChI=1S/C19H26N2O4/c1-3-13(4-2)17(22)20-16-9-5-7-14(11-16)18(23)21-10-6-8-15(12-21)19(24)25/h5,7,9,11,13,15H,3-4,6,8,10,12H2,1-2H3,(H,20,22)(H,24,25)/t15-/m0/s1. The van der Waals surface area contributed by atoms with Crippen LogP contribution in [0, 0.1) is 11.8 Å². The van der Waals surface area contributed by atoms with E-state index in [1.54, 1.807) is 29.2 Å². The summed E-state index contributed by atoms with van der Waals surface area (Å²) in [6.07, 6.45) is 2.83. The largest absolute Gasteiger partial charge is 0.481 e. The summed E-state index contributed by atoms with van der Waals surface area (Å²) in [5.41, 5.74) is 1.06. The second-order valence-corrected chi connectivity index (χ2v) is 6.51. The molecule has 1 aliphatic heterocycles. The number of amides is 2. The van der Waals surface area contributed by atoms with Crippen molar-refractivity contribution in [3.05, 3.63) is 29.8 Å². The van der Waals surface area contributed by atoms with Crippen molar-refractivity contribution in [3.63, 3.8) is 0 Å². The number of rotatable bonds is 6. The van der Waals surface area contributed by atoms with Crippen molar-refractivity contribution in [2.75, 3.05) is 18.4 Å². The summed E-state index contributed by atoms with van der Waals surface area (Å²) in [6.45, 7) is 4.75. The van der Waals surface area contributed by atoms with E-state index < -0.39 is 11.9 Å². The number of benzene rings is 1. The van der Waals surface area contributed by atoms with E-state index in [4.69, 9.17) is 5.11 Å². The fourth-order valence-electron chi connectivity index (χ4n) is 3.18. The lowest BCUT2D eigenvalue weighted by molar-refractivity contribution is -0.143. The van der Waals surface area contributed by atoms with Gasteiger partial charge in [-0.3, -0.25) is 14.4 Å². The van der Waals surface area contributed by atoms with Gasteiger partial charge in [0, 0.05) is 30.3 Å². The molecule has 1 aliphatic rings. The van der Waals surface area contributed by atoms with Gasteiger partial charge in [-0.2, -0.15) is 0 Å². The number of likely N-dealkylation sites (tertiary alicyclic amines) is 1. The van der Waals surface area contributed by atoms with Gasteiger partial charge in [0.05, 0.1) is 5.92 Å². The minimum atomic E-state index is -0.858. The van der Waals surface area contributed by atoms with E-state index in [2.05, 4.69) is 5.32 Å². The number of aliphatic carboxylic acids is 1. The van der Waals surface area contributed by atoms with Gasteiger partial charge < -0.3 is 15.3 Å². The average molecular weight is 346 g/mol. The van der Waals surface area contributed by atoms with Crippen LogP contribution in [0.2, 0.25) is 0 Å². The molecule has 1 aromatic rings. The molecule has 25 heavy (non-hydrogen) atoms. The number of carboxylic acids is 1. The predicted molar refractivity (Wildman–Crippen MR) is 95.4 cm³/mol. The maximum absolute atomic E-state index is 12.7. The first kappa shape index (κ1) is 19.0. The Morgan fingerprint density at radius 3 is 2.64 bits per heavy atom. The molecular weight excluding hydrogens is 320 g/mol. The van der Waals surface area contributed by atoms with Crippen molar-refractivity contribution in [1.82, 2.24) is 4.90 Å². The van der Waals surface area contributed by atoms with E-state index in [-0.39, 0.29) is 24.3 Å². The fourth-order valence-corrected chi connectivity index (χ4v) is 3.18. The number of carboxylic acid groups (broad SMARTS) is 1. The van der Waals surface area contributed by atoms with Crippen molar-refractivity contribution in [1.29, 1.82) is 0 Å². The van der Waals surface area contributed by atoms with Crippen LogP contribution in [0.15, 0.2) is 24.3 Å². The highest BCUT2D eigenvalue weighted by atomic mass is 16.4. The second kappa shape index (κ2) is 8.65. The molecule has 1 heterocycles. The van der Waals surface area contributed by atoms with Crippen LogP contribution in [0.5, 0.6) is 0 Å². The van der Waals surface area contributed by atoms with E-state index in [0.29, 0.717) is 30.6 Å². The van der Waals surface area contributed by atoms with E-state index in [1.807, 2.05) is 13.8 Å². The van der Waals surface area contributed by atoms with Crippen molar-refractivity contribution < 1.29 is 19.5 Å². The molecule has 0 bridgehead atoms. The molecule has 0 aromatic heterocycles. The summed E-state index contributed by atoms with van der Waals surface area (Å²) in [5.74, 6) is -1.64. The molecule has 2 amide bonds. The number of nitrogens with one attached hydrogen (secondary N) is 1. The molecule has 0 spiro atoms. The summed E-state index contributed by atoms with van der Waals surface area (Å²) in [5, 5.41) is 12.0. The first-order valence-corrected chi connectivity index (χ1v) is 8.89. The predicted octanol–water partition coefficient (Wildman–Crippen LogP) is 3.00. The fraction of sp³-hybridized carbons (Fsp3) is 0.526. The van der Waals surface area contributed by atoms with Crippen LogP contribution < -0.4 is 5.32 Å². The average Bonchev–Trinajstić information content (AvgIpc) is 2.62. The van der Waals surface area contributed by atoms with Crippen molar-refractivity contribution >= 4 is 23.5 Å². The van der Waals surface area contributed by atoms with E-state index in [1.165, 1.54) is 0 Å². The maximum atomic E-state index is 12.7. The van der Waals surface area contributed by atoms with Crippen molar-refractivity contribution in [3.8, 4) is 0 Å². The lowest BCUT2D eigenvalue weighted by Crippen LogP contribution is -2.42. The molecule has 6 nitrogen and oxygen atoms in total. The zero-order valence-corrected chi connectivity index (χ0v) is 14.8. The lowest BCUT2D eigenvalue weighted by atomic mass is 9.97. The van der Waals surface area contributed by atoms with Crippen LogP contribution in [-0.2, 0) is 9.59 Å². The number of carbonyl (C=O) groups is 3. The number of nitrogens with zero attached hydrogens (tertiary/aromatic N) is 1. The molecule has 0 radical (unpaired) electrons. The molecule has 136 valence electrons. The normalized spacial score (nSPS) is 17.4. The zero-order valence-electron chi connectivity index (χ0n) is 14.8. The summed E-state index contributed by atoms with van der Waals surface area (Å²) < 4.78 is 0. The summed E-state index contributed by atoms with van der Waals surface area (Å²) >= 11 is 0. The van der Waals surface area contributed by atoms with Crippen molar-refractivity contribution in [2.45, 2.75) is 39.5 Å². The maximum Gasteiger partial charge on any atom is 0.308 e. The smallest absolute Gasteiger partial charge is 0.308 e. The number of carbonyl (C=O) groups excluding carboxylic acids is 2. The van der Waals surface area contributed by atoms with Crippen LogP contribution in [0.4, 0.5) is 5.69 Å². The number of hydrogen-bond donors (Lipinski definition) is 2. The Labute approximate surface area is 148 Å². The summed E-state index contributed by atoms with van der Waals surface area (Å²) in [4.78, 5) is 37.6. The molecule has 1 fully saturated rings. The van der Waals surface area contributed by atoms with Gasteiger partial charge in [0.2, 0.25) is 5.91 Å². The molecule has 2 rings (SSSR count). The molecular formula is C19H26N2O4. The van der Waals surface area contributed by atoms with Gasteiger partial charge in [-0.25, -0.2) is 0 Å². The monoisotopic (exact) mass is 346 g/mol. The minimum absolute atomic E-state index is 0.0430. The third-order valence-corrected chi connectivity index (χ3v) is 4.79. The van der Waals surface area contributed by atoms with Crippen LogP contribution in [0.3, 0.4) is 0 Å². The van der Waals surface area contributed by atoms with Gasteiger partial charge in [0.1, 0.15) is 0 Å². The molecule has 1 saturated heterocycles. The molecule has 2 N–H and O–H groups in total. The number of anilines is 1. The topological polar surface area (TPSA) is 86.7 Å². The molecule has 0 aliphatic carbocycles. The van der Waals surface area contributed by atoms with E-state index in [0.717, 1.165) is 12.8 Å². The molecule has 6 heteroatoms. The van der Waals surface area contributed by atoms with Crippen LogP contribution >= 0.6 is 0 Å². The Bertz CT molecular complexity index is 640. The highest BCUT2D eigenvalue weighted by molar-refractivity contribution is 5.98. The Morgan fingerprint density at radius 2 is 2.00 bits per heavy atom. The van der Waals surface area contributed by atoms with Crippen LogP contribution in [-0.4, -0.2) is 40.9 Å². The molecule has 1 aromatic carbocycles. The van der Waals surface area contributed by atoms with Gasteiger partial charge in [0.25, 0.3) is 5.91 Å². The number of hydrogen-bond acceptors (Lipinski definition) is 3. The van der Waals surface area contributed by atoms with Crippen LogP contribution in [0.1, 0.15) is 49.9 Å². The third kappa shape index (κ3) is 4.81. The van der Waals surface area contributed by atoms with Gasteiger partial charge in [-0.1, -0.05) is 19.9 Å². The summed E-state index contributed by atoms with van der Waals surface area (Å²) in [6, 6.07) is 6.84. The van der Waals surface area contributed by atoms with Crippen LogP contribution in [0.25, 0.3) is 0 Å². The summed E-state index contributed by atoms with van der Waals surface area (Å²) in [7, 11) is 0. The van der Waals surface area contributed by atoms with Crippen molar-refractivity contribution in [2.24, 2.45) is 11.8 Å². The Morgan fingerprint density at radius 1 is 1.28 bits per heavy atom. The zero-order chi connectivity index (χ0) is 18.4. The lowest BCUT2D eigenvalue weighted by Gasteiger charge is -2.30. The van der Waals surface area contributed by atoms with Gasteiger partial charge in [-0.15, -0.1) is 0 Å². The quantitative estimate of drug-likeness (QED) is 0.829. The Balaban J connectivity index is 2.08. The van der Waals surface area contributed by atoms with Gasteiger partial charge >= 0.3 is 5.97 Å². The first-order chi connectivity index (χ1) is 12.0. The molecule has 0 unspecified atom stereocenters. The second-order valence-electron chi connectivity index (χ2n) is 6.51. The van der Waals surface area contributed by atoms with Gasteiger partial charge in [-0.05, 0) is 43.9 Å². The van der Waals surface area contributed by atoms with Gasteiger partial charge in [0.15, 0.2) is 0 Å².